The van der Waals surface area contributed by atoms with Gasteiger partial charge < -0.3 is 9.84 Å². The number of carbonyl (C=O) groups excluding carboxylic acids is 1. The summed E-state index contributed by atoms with van der Waals surface area (Å²) >= 11 is 5.83. The highest BCUT2D eigenvalue weighted by atomic mass is 35.5. The number of hydrogen-bond donors (Lipinski definition) is 1. The molecule has 1 heterocycles. The van der Waals surface area contributed by atoms with Crippen LogP contribution in [-0.4, -0.2) is 11.1 Å². The van der Waals surface area contributed by atoms with Gasteiger partial charge in [0.25, 0.3) is 5.91 Å². The normalized spacial score (nSPS) is 14.4. The zero-order chi connectivity index (χ0) is 13.4. The number of halogens is 2. The molecule has 0 saturated heterocycles. The Bertz CT molecular complexity index is 637. The zero-order valence-corrected chi connectivity index (χ0v) is 10.6. The second kappa shape index (κ2) is 4.66. The van der Waals surface area contributed by atoms with Gasteiger partial charge in [-0.05, 0) is 31.0 Å². The maximum atomic E-state index is 12.9. The Kier molecular flexibility index (Phi) is 2.98. The molecule has 6 heteroatoms. The van der Waals surface area contributed by atoms with Crippen LogP contribution in [0.2, 0.25) is 5.02 Å². The fraction of sp³-hybridized carbons (Fsp3) is 0.231. The third-order valence-electron chi connectivity index (χ3n) is 2.92. The molecule has 19 heavy (non-hydrogen) atoms. The molecular weight excluding hydrogens is 271 g/mol. The maximum absolute atomic E-state index is 12.9. The summed E-state index contributed by atoms with van der Waals surface area (Å²) in [7, 11) is 0. The standard InChI is InChI=1S/C13H10ClFN2O2/c14-9-5-8(15)3-4-10(9)16-13(18)11-6-12(19-17-11)7-1-2-7/h3-7H,1-2H2,(H,16,18). The first-order valence-corrected chi connectivity index (χ1v) is 6.24. The van der Waals surface area contributed by atoms with Crippen LogP contribution in [0, 0.1) is 5.82 Å². The molecule has 1 aliphatic carbocycles. The van der Waals surface area contributed by atoms with Gasteiger partial charge in [-0.25, -0.2) is 4.39 Å². The van der Waals surface area contributed by atoms with Gasteiger partial charge in [0, 0.05) is 12.0 Å². The average molecular weight is 281 g/mol. The minimum Gasteiger partial charge on any atom is -0.360 e. The van der Waals surface area contributed by atoms with Crippen LogP contribution in [0.3, 0.4) is 0 Å². The first-order chi connectivity index (χ1) is 9.13. The topological polar surface area (TPSA) is 55.1 Å². The first kappa shape index (κ1) is 12.2. The number of carbonyl (C=O) groups is 1. The Morgan fingerprint density at radius 1 is 1.42 bits per heavy atom. The van der Waals surface area contributed by atoms with Crippen molar-refractivity contribution in [3.63, 3.8) is 0 Å². The lowest BCUT2D eigenvalue weighted by Gasteiger charge is -2.04. The van der Waals surface area contributed by atoms with Crippen molar-refractivity contribution in [1.82, 2.24) is 5.16 Å². The molecule has 2 aromatic rings. The number of nitrogens with zero attached hydrogens (tertiary/aromatic N) is 1. The van der Waals surface area contributed by atoms with Crippen molar-refractivity contribution in [1.29, 1.82) is 0 Å². The maximum Gasteiger partial charge on any atom is 0.277 e. The fourth-order valence-electron chi connectivity index (χ4n) is 1.73. The lowest BCUT2D eigenvalue weighted by Crippen LogP contribution is -2.12. The lowest BCUT2D eigenvalue weighted by atomic mass is 10.2. The van der Waals surface area contributed by atoms with Gasteiger partial charge in [-0.1, -0.05) is 16.8 Å². The Labute approximate surface area is 113 Å². The molecular formula is C13H10ClFN2O2. The summed E-state index contributed by atoms with van der Waals surface area (Å²) in [6.07, 6.45) is 2.14. The highest BCUT2D eigenvalue weighted by Crippen LogP contribution is 2.40. The van der Waals surface area contributed by atoms with Crippen LogP contribution in [0.25, 0.3) is 0 Å². The number of benzene rings is 1. The third kappa shape index (κ3) is 2.61. The zero-order valence-electron chi connectivity index (χ0n) is 9.82. The fourth-order valence-corrected chi connectivity index (χ4v) is 1.95. The highest BCUT2D eigenvalue weighted by molar-refractivity contribution is 6.33. The van der Waals surface area contributed by atoms with Crippen molar-refractivity contribution in [2.24, 2.45) is 0 Å². The number of hydrogen-bond acceptors (Lipinski definition) is 3. The Morgan fingerprint density at radius 3 is 2.89 bits per heavy atom. The minimum absolute atomic E-state index is 0.138. The molecule has 1 aromatic carbocycles. The molecule has 1 N–H and O–H groups in total. The quantitative estimate of drug-likeness (QED) is 0.934. The van der Waals surface area contributed by atoms with E-state index in [0.717, 1.165) is 24.7 Å². The Morgan fingerprint density at radius 2 is 2.21 bits per heavy atom. The smallest absolute Gasteiger partial charge is 0.277 e. The number of rotatable bonds is 3. The van der Waals surface area contributed by atoms with E-state index < -0.39 is 11.7 Å². The molecule has 1 fully saturated rings. The van der Waals surface area contributed by atoms with E-state index in [1.165, 1.54) is 12.1 Å². The Hall–Kier alpha value is -1.88. The molecule has 4 nitrogen and oxygen atoms in total. The molecule has 98 valence electrons. The molecule has 0 atom stereocenters. The molecule has 1 aliphatic rings. The summed E-state index contributed by atoms with van der Waals surface area (Å²) < 4.78 is 18.0. The van der Waals surface area contributed by atoms with E-state index in [-0.39, 0.29) is 10.7 Å². The molecule has 1 amide bonds. The van der Waals surface area contributed by atoms with E-state index in [2.05, 4.69) is 10.5 Å². The van der Waals surface area contributed by atoms with Crippen LogP contribution in [0.1, 0.15) is 35.0 Å². The minimum atomic E-state index is -0.458. The Balaban J connectivity index is 1.76. The molecule has 0 aliphatic heterocycles. The van der Waals surface area contributed by atoms with Gasteiger partial charge in [-0.3, -0.25) is 4.79 Å². The van der Waals surface area contributed by atoms with E-state index in [4.69, 9.17) is 16.1 Å². The van der Waals surface area contributed by atoms with Gasteiger partial charge in [0.1, 0.15) is 11.6 Å². The van der Waals surface area contributed by atoms with Crippen LogP contribution in [0.15, 0.2) is 28.8 Å². The van der Waals surface area contributed by atoms with E-state index in [1.54, 1.807) is 6.07 Å². The SMILES string of the molecule is O=C(Nc1ccc(F)cc1Cl)c1cc(C2CC2)on1. The molecule has 0 radical (unpaired) electrons. The van der Waals surface area contributed by atoms with Crippen LogP contribution in [0.4, 0.5) is 10.1 Å². The summed E-state index contributed by atoms with van der Waals surface area (Å²) in [6.45, 7) is 0. The van der Waals surface area contributed by atoms with Crippen molar-refractivity contribution in [2.75, 3.05) is 5.32 Å². The van der Waals surface area contributed by atoms with Gasteiger partial charge in [-0.2, -0.15) is 0 Å². The summed E-state index contributed by atoms with van der Waals surface area (Å²) in [5.74, 6) is 0.239. The second-order valence-electron chi connectivity index (χ2n) is 4.47. The van der Waals surface area contributed by atoms with Crippen molar-refractivity contribution in [3.05, 3.63) is 46.6 Å². The summed E-state index contributed by atoms with van der Waals surface area (Å²) in [5.41, 5.74) is 0.534. The van der Waals surface area contributed by atoms with Gasteiger partial charge in [0.2, 0.25) is 0 Å². The summed E-state index contributed by atoms with van der Waals surface area (Å²) in [5, 5.41) is 6.42. The molecule has 0 unspecified atom stereocenters. The highest BCUT2D eigenvalue weighted by Gasteiger charge is 2.28. The van der Waals surface area contributed by atoms with Crippen molar-refractivity contribution in [3.8, 4) is 0 Å². The molecule has 0 spiro atoms. The number of aromatic nitrogens is 1. The largest absolute Gasteiger partial charge is 0.360 e. The van der Waals surface area contributed by atoms with E-state index in [9.17, 15) is 9.18 Å². The predicted molar refractivity (Wildman–Crippen MR) is 67.8 cm³/mol. The van der Waals surface area contributed by atoms with Crippen LogP contribution >= 0.6 is 11.6 Å². The molecule has 0 bridgehead atoms. The van der Waals surface area contributed by atoms with Crippen LogP contribution in [-0.2, 0) is 0 Å². The number of amides is 1. The molecule has 1 aromatic heterocycles. The van der Waals surface area contributed by atoms with Crippen molar-refractivity contribution in [2.45, 2.75) is 18.8 Å². The van der Waals surface area contributed by atoms with Crippen LogP contribution in [0.5, 0.6) is 0 Å². The van der Waals surface area contributed by atoms with Crippen molar-refractivity contribution < 1.29 is 13.7 Å². The molecule has 3 rings (SSSR count). The first-order valence-electron chi connectivity index (χ1n) is 5.86. The second-order valence-corrected chi connectivity index (χ2v) is 4.87. The van der Waals surface area contributed by atoms with Crippen molar-refractivity contribution >= 4 is 23.2 Å². The summed E-state index contributed by atoms with van der Waals surface area (Å²) in [4.78, 5) is 11.9. The summed E-state index contributed by atoms with van der Waals surface area (Å²) in [6, 6.07) is 5.39. The molecule has 1 saturated carbocycles. The van der Waals surface area contributed by atoms with E-state index in [0.29, 0.717) is 11.6 Å². The van der Waals surface area contributed by atoms with Gasteiger partial charge in [0.05, 0.1) is 10.7 Å². The van der Waals surface area contributed by atoms with Crippen LogP contribution < -0.4 is 5.32 Å². The van der Waals surface area contributed by atoms with E-state index in [1.807, 2.05) is 0 Å². The van der Waals surface area contributed by atoms with Gasteiger partial charge in [-0.15, -0.1) is 0 Å². The third-order valence-corrected chi connectivity index (χ3v) is 3.23. The van der Waals surface area contributed by atoms with Gasteiger partial charge >= 0.3 is 0 Å². The monoisotopic (exact) mass is 280 g/mol. The average Bonchev–Trinajstić information content (AvgIpc) is 3.10. The number of anilines is 1. The van der Waals surface area contributed by atoms with E-state index >= 15 is 0 Å². The predicted octanol–water partition coefficient (Wildman–Crippen LogP) is 3.60. The lowest BCUT2D eigenvalue weighted by molar-refractivity contribution is 0.101. The van der Waals surface area contributed by atoms with Gasteiger partial charge in [0.15, 0.2) is 5.69 Å². The number of nitrogens with one attached hydrogen (secondary N) is 1.